The number of benzene rings is 1. The summed E-state index contributed by atoms with van der Waals surface area (Å²) in [5, 5.41) is 5.74. The molecule has 5 heteroatoms. The molecule has 0 bridgehead atoms. The number of methoxy groups -OCH3 is 1. The van der Waals surface area contributed by atoms with Gasteiger partial charge in [0.25, 0.3) is 0 Å². The van der Waals surface area contributed by atoms with E-state index in [0.29, 0.717) is 19.4 Å². The fourth-order valence-electron chi connectivity index (χ4n) is 2.53. The topological polar surface area (TPSA) is 67.4 Å². The summed E-state index contributed by atoms with van der Waals surface area (Å²) in [5.74, 6) is 0.572. The van der Waals surface area contributed by atoms with Crippen molar-refractivity contribution in [3.8, 4) is 5.75 Å². The lowest BCUT2D eigenvalue weighted by Gasteiger charge is -2.27. The average Bonchev–Trinajstić information content (AvgIpc) is 2.66. The normalized spacial score (nSPS) is 22.1. The van der Waals surface area contributed by atoms with E-state index in [1.165, 1.54) is 0 Å². The molecule has 5 nitrogen and oxygen atoms in total. The van der Waals surface area contributed by atoms with Gasteiger partial charge >= 0.3 is 0 Å². The molecule has 2 rings (SSSR count). The van der Waals surface area contributed by atoms with Crippen molar-refractivity contribution in [2.75, 3.05) is 7.11 Å². The van der Waals surface area contributed by atoms with Crippen LogP contribution >= 0.6 is 0 Å². The van der Waals surface area contributed by atoms with Gasteiger partial charge in [0.2, 0.25) is 11.8 Å². The Balaban J connectivity index is 1.98. The molecule has 1 unspecified atom stereocenters. The highest BCUT2D eigenvalue weighted by atomic mass is 16.5. The Kier molecular flexibility index (Phi) is 4.83. The summed E-state index contributed by atoms with van der Waals surface area (Å²) < 4.78 is 5.16. The molecule has 1 fully saturated rings. The SMILES string of the molecule is COc1cccc(CNC(=O)C2(C)CCCCC(=O)N2)c1. The van der Waals surface area contributed by atoms with Crippen LogP contribution in [0.4, 0.5) is 0 Å². The minimum absolute atomic E-state index is 0.0495. The summed E-state index contributed by atoms with van der Waals surface area (Å²) in [6, 6.07) is 7.55. The maximum absolute atomic E-state index is 12.4. The lowest BCUT2D eigenvalue weighted by atomic mass is 9.95. The molecule has 0 saturated carbocycles. The molecule has 1 aliphatic rings. The van der Waals surface area contributed by atoms with Crippen LogP contribution in [0.3, 0.4) is 0 Å². The standard InChI is InChI=1S/C16H22N2O3/c1-16(9-4-3-8-14(19)18-16)15(20)17-11-12-6-5-7-13(10-12)21-2/h5-7,10H,3-4,8-9,11H2,1-2H3,(H,17,20)(H,18,19). The molecule has 1 aromatic rings. The second kappa shape index (κ2) is 6.61. The second-order valence-corrected chi connectivity index (χ2v) is 5.62. The van der Waals surface area contributed by atoms with E-state index in [0.717, 1.165) is 24.2 Å². The fourth-order valence-corrected chi connectivity index (χ4v) is 2.53. The first-order valence-corrected chi connectivity index (χ1v) is 7.26. The quantitative estimate of drug-likeness (QED) is 0.888. The number of carbonyl (C=O) groups excluding carboxylic acids is 2. The number of nitrogens with one attached hydrogen (secondary N) is 2. The summed E-state index contributed by atoms with van der Waals surface area (Å²) in [7, 11) is 1.61. The Morgan fingerprint density at radius 2 is 2.24 bits per heavy atom. The predicted molar refractivity (Wildman–Crippen MR) is 79.9 cm³/mol. The van der Waals surface area contributed by atoms with Gasteiger partial charge in [-0.25, -0.2) is 0 Å². The van der Waals surface area contributed by atoms with Gasteiger partial charge in [0.15, 0.2) is 0 Å². The van der Waals surface area contributed by atoms with E-state index in [9.17, 15) is 9.59 Å². The molecular weight excluding hydrogens is 268 g/mol. The van der Waals surface area contributed by atoms with Gasteiger partial charge in [-0.2, -0.15) is 0 Å². The minimum atomic E-state index is -0.813. The first-order valence-electron chi connectivity index (χ1n) is 7.26. The monoisotopic (exact) mass is 290 g/mol. The van der Waals surface area contributed by atoms with Crippen molar-refractivity contribution in [3.05, 3.63) is 29.8 Å². The number of ether oxygens (including phenoxy) is 1. The third-order valence-electron chi connectivity index (χ3n) is 3.83. The molecule has 0 aliphatic carbocycles. The molecule has 2 N–H and O–H groups in total. The van der Waals surface area contributed by atoms with E-state index < -0.39 is 5.54 Å². The summed E-state index contributed by atoms with van der Waals surface area (Å²) in [6.45, 7) is 2.21. The molecule has 0 radical (unpaired) electrons. The highest BCUT2D eigenvalue weighted by Gasteiger charge is 2.35. The minimum Gasteiger partial charge on any atom is -0.497 e. The molecule has 114 valence electrons. The van der Waals surface area contributed by atoms with Crippen LogP contribution in [-0.2, 0) is 16.1 Å². The van der Waals surface area contributed by atoms with Crippen LogP contribution < -0.4 is 15.4 Å². The van der Waals surface area contributed by atoms with Crippen LogP contribution in [0.15, 0.2) is 24.3 Å². The Morgan fingerprint density at radius 1 is 1.43 bits per heavy atom. The highest BCUT2D eigenvalue weighted by molar-refractivity contribution is 5.91. The zero-order valence-electron chi connectivity index (χ0n) is 12.6. The summed E-state index contributed by atoms with van der Waals surface area (Å²) in [5.41, 5.74) is 0.151. The number of rotatable bonds is 4. The van der Waals surface area contributed by atoms with Crippen molar-refractivity contribution >= 4 is 11.8 Å². The zero-order chi connectivity index (χ0) is 15.3. The van der Waals surface area contributed by atoms with Crippen molar-refractivity contribution in [1.29, 1.82) is 0 Å². The van der Waals surface area contributed by atoms with Gasteiger partial charge in [0, 0.05) is 13.0 Å². The molecule has 1 aliphatic heterocycles. The fraction of sp³-hybridized carbons (Fsp3) is 0.500. The van der Waals surface area contributed by atoms with E-state index in [1.54, 1.807) is 14.0 Å². The van der Waals surface area contributed by atoms with Crippen LogP contribution in [0, 0.1) is 0 Å². The molecule has 1 saturated heterocycles. The van der Waals surface area contributed by atoms with Gasteiger partial charge in [-0.15, -0.1) is 0 Å². The van der Waals surface area contributed by atoms with E-state index in [4.69, 9.17) is 4.74 Å². The van der Waals surface area contributed by atoms with Gasteiger partial charge in [0.1, 0.15) is 11.3 Å². The summed E-state index contributed by atoms with van der Waals surface area (Å²) in [6.07, 6.45) is 2.88. The smallest absolute Gasteiger partial charge is 0.245 e. The zero-order valence-corrected chi connectivity index (χ0v) is 12.6. The Hall–Kier alpha value is -2.04. The van der Waals surface area contributed by atoms with Crippen molar-refractivity contribution in [2.45, 2.75) is 44.7 Å². The lowest BCUT2D eigenvalue weighted by Crippen LogP contribution is -2.55. The first-order chi connectivity index (χ1) is 10.0. The largest absolute Gasteiger partial charge is 0.497 e. The molecule has 2 amide bonds. The predicted octanol–water partition coefficient (Wildman–Crippen LogP) is 1.76. The second-order valence-electron chi connectivity index (χ2n) is 5.62. The van der Waals surface area contributed by atoms with Crippen LogP contribution in [0.5, 0.6) is 5.75 Å². The molecule has 0 aromatic heterocycles. The third kappa shape index (κ3) is 3.97. The van der Waals surface area contributed by atoms with E-state index in [2.05, 4.69) is 10.6 Å². The Bertz CT molecular complexity index is 530. The van der Waals surface area contributed by atoms with Crippen LogP contribution in [0.25, 0.3) is 0 Å². The van der Waals surface area contributed by atoms with Crippen LogP contribution in [-0.4, -0.2) is 24.5 Å². The number of hydrogen-bond acceptors (Lipinski definition) is 3. The lowest BCUT2D eigenvalue weighted by molar-refractivity contribution is -0.132. The summed E-state index contributed by atoms with van der Waals surface area (Å²) >= 11 is 0. The molecule has 1 atom stereocenters. The maximum atomic E-state index is 12.4. The molecule has 21 heavy (non-hydrogen) atoms. The van der Waals surface area contributed by atoms with E-state index in [1.807, 2.05) is 24.3 Å². The van der Waals surface area contributed by atoms with Gasteiger partial charge < -0.3 is 15.4 Å². The molecule has 0 spiro atoms. The van der Waals surface area contributed by atoms with Crippen molar-refractivity contribution < 1.29 is 14.3 Å². The van der Waals surface area contributed by atoms with Gasteiger partial charge in [-0.1, -0.05) is 18.6 Å². The van der Waals surface area contributed by atoms with E-state index >= 15 is 0 Å². The van der Waals surface area contributed by atoms with E-state index in [-0.39, 0.29) is 11.8 Å². The first kappa shape index (κ1) is 15.4. The van der Waals surface area contributed by atoms with Crippen LogP contribution in [0.2, 0.25) is 0 Å². The van der Waals surface area contributed by atoms with Crippen molar-refractivity contribution in [2.24, 2.45) is 0 Å². The third-order valence-corrected chi connectivity index (χ3v) is 3.83. The van der Waals surface area contributed by atoms with Crippen molar-refractivity contribution in [3.63, 3.8) is 0 Å². The van der Waals surface area contributed by atoms with Gasteiger partial charge in [-0.3, -0.25) is 9.59 Å². The van der Waals surface area contributed by atoms with Crippen LogP contribution in [0.1, 0.15) is 38.2 Å². The maximum Gasteiger partial charge on any atom is 0.245 e. The molecular formula is C16H22N2O3. The van der Waals surface area contributed by atoms with Crippen molar-refractivity contribution in [1.82, 2.24) is 10.6 Å². The molecule has 1 heterocycles. The Labute approximate surface area is 125 Å². The number of hydrogen-bond donors (Lipinski definition) is 2. The highest BCUT2D eigenvalue weighted by Crippen LogP contribution is 2.20. The van der Waals surface area contributed by atoms with Gasteiger partial charge in [0.05, 0.1) is 7.11 Å². The van der Waals surface area contributed by atoms with Gasteiger partial charge in [-0.05, 0) is 37.5 Å². The summed E-state index contributed by atoms with van der Waals surface area (Å²) in [4.78, 5) is 24.0. The number of carbonyl (C=O) groups is 2. The molecule has 1 aromatic carbocycles. The average molecular weight is 290 g/mol. The Morgan fingerprint density at radius 3 is 3.00 bits per heavy atom. The number of amides is 2.